The van der Waals surface area contributed by atoms with Crippen LogP contribution in [0.25, 0.3) is 0 Å². The molecule has 100 valence electrons. The highest BCUT2D eigenvalue weighted by Gasteiger charge is 2.31. The number of likely N-dealkylation sites (tertiary alicyclic amines) is 1. The van der Waals surface area contributed by atoms with Crippen LogP contribution in [0.4, 0.5) is 0 Å². The predicted molar refractivity (Wildman–Crippen MR) is 77.3 cm³/mol. The van der Waals surface area contributed by atoms with Crippen molar-refractivity contribution >= 4 is 28.6 Å². The lowest BCUT2D eigenvalue weighted by molar-refractivity contribution is 0.0730. The third kappa shape index (κ3) is 2.43. The van der Waals surface area contributed by atoms with Crippen molar-refractivity contribution in [2.75, 3.05) is 6.54 Å². The Morgan fingerprint density at radius 3 is 3.11 bits per heavy atom. The lowest BCUT2D eigenvalue weighted by Gasteiger charge is -2.23. The van der Waals surface area contributed by atoms with Gasteiger partial charge in [0.05, 0.1) is 6.04 Å². The molecule has 1 saturated heterocycles. The first-order valence-corrected chi connectivity index (χ1v) is 8.09. The first-order chi connectivity index (χ1) is 9.29. The molecule has 1 unspecified atom stereocenters. The summed E-state index contributed by atoms with van der Waals surface area (Å²) in [5, 5.41) is 6.82. The Morgan fingerprint density at radius 2 is 2.42 bits per heavy atom. The molecule has 0 aromatic carbocycles. The summed E-state index contributed by atoms with van der Waals surface area (Å²) in [7, 11) is 0. The van der Waals surface area contributed by atoms with Crippen LogP contribution in [0.1, 0.15) is 39.9 Å². The Balaban J connectivity index is 1.82. The number of thiazole rings is 1. The van der Waals surface area contributed by atoms with E-state index in [-0.39, 0.29) is 11.9 Å². The van der Waals surface area contributed by atoms with Crippen molar-refractivity contribution < 1.29 is 4.79 Å². The van der Waals surface area contributed by atoms with E-state index in [1.807, 2.05) is 10.3 Å². The number of rotatable bonds is 3. The second-order valence-electron chi connectivity index (χ2n) is 4.54. The van der Waals surface area contributed by atoms with Crippen molar-refractivity contribution in [2.45, 2.75) is 25.4 Å². The number of hydrogen-bond acceptors (Lipinski definition) is 5. The molecule has 3 rings (SSSR count). The van der Waals surface area contributed by atoms with Gasteiger partial charge in [0.1, 0.15) is 10.7 Å². The lowest BCUT2D eigenvalue weighted by atomic mass is 10.1. The normalized spacial score (nSPS) is 19.0. The maximum Gasteiger partial charge on any atom is 0.273 e. The van der Waals surface area contributed by atoms with Crippen LogP contribution in [0.5, 0.6) is 0 Å². The maximum atomic E-state index is 12.5. The van der Waals surface area contributed by atoms with Crippen molar-refractivity contribution in [1.82, 2.24) is 9.88 Å². The molecular weight excluding hydrogens is 278 g/mol. The Labute approximate surface area is 119 Å². The molecule has 2 N–H and O–H groups in total. The Morgan fingerprint density at radius 1 is 1.53 bits per heavy atom. The van der Waals surface area contributed by atoms with Crippen LogP contribution in [-0.2, 0) is 6.54 Å². The van der Waals surface area contributed by atoms with Gasteiger partial charge < -0.3 is 10.6 Å². The lowest BCUT2D eigenvalue weighted by Crippen LogP contribution is -2.30. The number of carbonyl (C=O) groups is 1. The summed E-state index contributed by atoms with van der Waals surface area (Å²) < 4.78 is 0. The number of nitrogens with two attached hydrogens (primary N) is 1. The summed E-state index contributed by atoms with van der Waals surface area (Å²) >= 11 is 3.13. The van der Waals surface area contributed by atoms with Gasteiger partial charge >= 0.3 is 0 Å². The number of thiophene rings is 1. The second-order valence-corrected chi connectivity index (χ2v) is 6.27. The van der Waals surface area contributed by atoms with Crippen molar-refractivity contribution in [1.29, 1.82) is 0 Å². The van der Waals surface area contributed by atoms with Crippen molar-refractivity contribution in [3.63, 3.8) is 0 Å². The molecule has 4 nitrogen and oxygen atoms in total. The fourth-order valence-electron chi connectivity index (χ4n) is 2.47. The highest BCUT2D eigenvalue weighted by molar-refractivity contribution is 7.09. The fourth-order valence-corrected chi connectivity index (χ4v) is 3.83. The number of nitrogens with zero attached hydrogens (tertiary/aromatic N) is 2. The van der Waals surface area contributed by atoms with Gasteiger partial charge in [-0.1, -0.05) is 0 Å². The van der Waals surface area contributed by atoms with Gasteiger partial charge in [0.15, 0.2) is 0 Å². The van der Waals surface area contributed by atoms with Gasteiger partial charge in [-0.2, -0.15) is 11.3 Å². The summed E-state index contributed by atoms with van der Waals surface area (Å²) in [6.07, 6.45) is 2.09. The second kappa shape index (κ2) is 5.40. The van der Waals surface area contributed by atoms with Gasteiger partial charge in [-0.05, 0) is 35.2 Å². The zero-order chi connectivity index (χ0) is 13.2. The number of hydrogen-bond donors (Lipinski definition) is 1. The van der Waals surface area contributed by atoms with Gasteiger partial charge in [0.25, 0.3) is 5.91 Å². The van der Waals surface area contributed by atoms with E-state index in [2.05, 4.69) is 21.8 Å². The van der Waals surface area contributed by atoms with E-state index in [0.29, 0.717) is 12.2 Å². The predicted octanol–water partition coefficient (Wildman–Crippen LogP) is 2.64. The molecule has 1 aliphatic rings. The molecule has 19 heavy (non-hydrogen) atoms. The minimum absolute atomic E-state index is 0.0321. The number of amides is 1. The summed E-state index contributed by atoms with van der Waals surface area (Å²) in [6, 6.07) is 2.31. The van der Waals surface area contributed by atoms with Gasteiger partial charge in [0.2, 0.25) is 0 Å². The summed E-state index contributed by atoms with van der Waals surface area (Å²) in [6.45, 7) is 1.21. The molecule has 3 heterocycles. The van der Waals surface area contributed by atoms with Gasteiger partial charge in [-0.3, -0.25) is 4.79 Å². The third-order valence-electron chi connectivity index (χ3n) is 3.39. The molecule has 0 spiro atoms. The minimum atomic E-state index is 0.0321. The van der Waals surface area contributed by atoms with Crippen molar-refractivity contribution in [2.24, 2.45) is 5.73 Å². The van der Waals surface area contributed by atoms with Crippen LogP contribution in [0.2, 0.25) is 0 Å². The van der Waals surface area contributed by atoms with Crippen molar-refractivity contribution in [3.05, 3.63) is 38.5 Å². The minimum Gasteiger partial charge on any atom is -0.330 e. The van der Waals surface area contributed by atoms with Gasteiger partial charge in [0, 0.05) is 18.5 Å². The standard InChI is InChI=1S/C13H15N3OS2/c14-6-12-15-10(8-19-12)13(17)16-4-1-2-11(16)9-3-5-18-7-9/h3,5,7-8,11H,1-2,4,6,14H2. The monoisotopic (exact) mass is 293 g/mol. The SMILES string of the molecule is NCc1nc(C(=O)N2CCCC2c2ccsc2)cs1. The highest BCUT2D eigenvalue weighted by Crippen LogP contribution is 2.34. The van der Waals surface area contributed by atoms with E-state index >= 15 is 0 Å². The van der Waals surface area contributed by atoms with Crippen LogP contribution in [0, 0.1) is 0 Å². The molecule has 1 atom stereocenters. The van der Waals surface area contributed by atoms with Crippen LogP contribution < -0.4 is 5.73 Å². The van der Waals surface area contributed by atoms with Gasteiger partial charge in [-0.25, -0.2) is 4.98 Å². The largest absolute Gasteiger partial charge is 0.330 e. The van der Waals surface area contributed by atoms with E-state index in [1.165, 1.54) is 16.9 Å². The Hall–Kier alpha value is -1.24. The number of carbonyl (C=O) groups excluding carboxylic acids is 1. The Kier molecular flexibility index (Phi) is 3.63. The van der Waals surface area contributed by atoms with E-state index in [1.54, 1.807) is 11.3 Å². The fraction of sp³-hybridized carbons (Fsp3) is 0.385. The van der Waals surface area contributed by atoms with Crippen LogP contribution >= 0.6 is 22.7 Å². The molecule has 0 radical (unpaired) electrons. The summed E-state index contributed by atoms with van der Waals surface area (Å²) in [4.78, 5) is 18.8. The molecule has 1 aliphatic heterocycles. The summed E-state index contributed by atoms with van der Waals surface area (Å²) in [5.74, 6) is 0.0321. The zero-order valence-electron chi connectivity index (χ0n) is 10.4. The average Bonchev–Trinajstić information content (AvgIpc) is 3.16. The zero-order valence-corrected chi connectivity index (χ0v) is 12.0. The van der Waals surface area contributed by atoms with E-state index in [9.17, 15) is 4.79 Å². The maximum absolute atomic E-state index is 12.5. The quantitative estimate of drug-likeness (QED) is 0.946. The molecule has 1 fully saturated rings. The highest BCUT2D eigenvalue weighted by atomic mass is 32.1. The van der Waals surface area contributed by atoms with Crippen LogP contribution in [0.15, 0.2) is 22.2 Å². The molecular formula is C13H15N3OS2. The third-order valence-corrected chi connectivity index (χ3v) is 4.96. The molecule has 6 heteroatoms. The van der Waals surface area contributed by atoms with Crippen molar-refractivity contribution in [3.8, 4) is 0 Å². The molecule has 1 amide bonds. The smallest absolute Gasteiger partial charge is 0.273 e. The Bertz CT molecular complexity index is 564. The molecule has 0 bridgehead atoms. The number of aromatic nitrogens is 1. The van der Waals surface area contributed by atoms with E-state index < -0.39 is 0 Å². The topological polar surface area (TPSA) is 59.2 Å². The first-order valence-electron chi connectivity index (χ1n) is 6.27. The van der Waals surface area contributed by atoms with Crippen LogP contribution in [-0.4, -0.2) is 22.3 Å². The van der Waals surface area contributed by atoms with E-state index in [0.717, 1.165) is 24.4 Å². The summed E-state index contributed by atoms with van der Waals surface area (Å²) in [5.41, 5.74) is 7.32. The average molecular weight is 293 g/mol. The molecule has 0 saturated carbocycles. The van der Waals surface area contributed by atoms with Gasteiger partial charge in [-0.15, -0.1) is 11.3 Å². The first kappa shape index (κ1) is 12.8. The van der Waals surface area contributed by atoms with E-state index in [4.69, 9.17) is 5.73 Å². The molecule has 2 aromatic heterocycles. The molecule has 2 aromatic rings. The molecule has 0 aliphatic carbocycles. The van der Waals surface area contributed by atoms with Crippen LogP contribution in [0.3, 0.4) is 0 Å².